The number of hydrogen-bond donors (Lipinski definition) is 0. The first-order chi connectivity index (χ1) is 13.6. The second kappa shape index (κ2) is 17.6. The highest BCUT2D eigenvalue weighted by Gasteiger charge is 2.24. The van der Waals surface area contributed by atoms with Crippen molar-refractivity contribution in [3.05, 3.63) is 48.6 Å². The van der Waals surface area contributed by atoms with Crippen LogP contribution in [0.4, 0.5) is 0 Å². The molecule has 0 radical (unpaired) electrons. The van der Waals surface area contributed by atoms with E-state index in [1.807, 2.05) is 32.9 Å². The fourth-order valence-electron chi connectivity index (χ4n) is 3.86. The molecule has 0 bridgehead atoms. The van der Waals surface area contributed by atoms with Crippen LogP contribution in [0.5, 0.6) is 0 Å². The third-order valence-electron chi connectivity index (χ3n) is 5.14. The summed E-state index contributed by atoms with van der Waals surface area (Å²) in [5.74, 6) is 1.79. The fraction of sp³-hybridized carbons (Fsp3) is 0.640. The zero-order valence-corrected chi connectivity index (χ0v) is 18.6. The smallest absolute Gasteiger partial charge is 0.154 e. The first-order valence-corrected chi connectivity index (χ1v) is 10.9. The third kappa shape index (κ3) is 11.4. The van der Waals surface area contributed by atoms with Gasteiger partial charge in [0, 0.05) is 18.8 Å². The van der Waals surface area contributed by atoms with E-state index in [0.717, 1.165) is 36.9 Å². The molecule has 1 fully saturated rings. The van der Waals surface area contributed by atoms with Crippen LogP contribution >= 0.6 is 0 Å². The van der Waals surface area contributed by atoms with Gasteiger partial charge < -0.3 is 9.47 Å². The Morgan fingerprint density at radius 2 is 1.54 bits per heavy atom. The molecule has 28 heavy (non-hydrogen) atoms. The van der Waals surface area contributed by atoms with E-state index in [1.165, 1.54) is 50.5 Å². The number of carbonyl (C=O) groups excluding carboxylic acids is 1. The van der Waals surface area contributed by atoms with Gasteiger partial charge in [0.25, 0.3) is 0 Å². The van der Waals surface area contributed by atoms with Gasteiger partial charge in [0.05, 0.1) is 0 Å². The Balaban J connectivity index is 0.000000618. The number of carbonyl (C=O) groups is 1. The molecule has 2 atom stereocenters. The van der Waals surface area contributed by atoms with E-state index in [2.05, 4.69) is 32.2 Å². The van der Waals surface area contributed by atoms with E-state index >= 15 is 0 Å². The summed E-state index contributed by atoms with van der Waals surface area (Å²) in [5.41, 5.74) is 2.18. The number of ether oxygens (including phenoxy) is 2. The van der Waals surface area contributed by atoms with E-state index in [0.29, 0.717) is 0 Å². The number of aldehydes is 1. The Kier molecular flexibility index (Phi) is 16.7. The molecule has 3 nitrogen and oxygen atoms in total. The standard InChI is InChI=1S/C17H24O.C6H14O2.C2H4/c1-2-5-16-6-3-4-7-17(16)12-14-8-10-15(13-18)11-9-14;1-4-7-6(3)8-5-2;1-2/h8-11,13,16-17H,2-7,12H2,1H3;6H,4-5H2,1-3H3;1-2H2. The fourth-order valence-corrected chi connectivity index (χ4v) is 3.86. The SMILES string of the molecule is C=C.CCCC1CCCCC1Cc1ccc(C=O)cc1.CCOC(C)OCC. The number of benzene rings is 1. The highest BCUT2D eigenvalue weighted by Crippen LogP contribution is 2.35. The van der Waals surface area contributed by atoms with Gasteiger partial charge in [0.1, 0.15) is 6.29 Å². The molecule has 0 aromatic heterocycles. The Morgan fingerprint density at radius 1 is 1.00 bits per heavy atom. The van der Waals surface area contributed by atoms with E-state index in [1.54, 1.807) is 0 Å². The Bertz CT molecular complexity index is 475. The van der Waals surface area contributed by atoms with Gasteiger partial charge in [-0.2, -0.15) is 0 Å². The average molecular weight is 391 g/mol. The van der Waals surface area contributed by atoms with E-state index in [9.17, 15) is 4.79 Å². The van der Waals surface area contributed by atoms with Crippen LogP contribution in [0.15, 0.2) is 37.4 Å². The highest BCUT2D eigenvalue weighted by atomic mass is 16.7. The van der Waals surface area contributed by atoms with Crippen LogP contribution in [0.1, 0.15) is 82.1 Å². The molecular weight excluding hydrogens is 348 g/mol. The van der Waals surface area contributed by atoms with Crippen LogP contribution in [0.3, 0.4) is 0 Å². The molecule has 0 saturated heterocycles. The van der Waals surface area contributed by atoms with Gasteiger partial charge in [-0.1, -0.05) is 63.3 Å². The zero-order chi connectivity index (χ0) is 21.2. The minimum absolute atomic E-state index is 0.0370. The summed E-state index contributed by atoms with van der Waals surface area (Å²) in [5, 5.41) is 0. The molecule has 160 valence electrons. The molecule has 1 aromatic carbocycles. The summed E-state index contributed by atoms with van der Waals surface area (Å²) in [6, 6.07) is 8.14. The predicted octanol–water partition coefficient (Wildman–Crippen LogP) is 6.86. The highest BCUT2D eigenvalue weighted by molar-refractivity contribution is 5.74. The number of rotatable bonds is 9. The van der Waals surface area contributed by atoms with E-state index in [-0.39, 0.29) is 6.29 Å². The molecule has 1 aliphatic rings. The molecule has 0 amide bonds. The van der Waals surface area contributed by atoms with Crippen LogP contribution in [-0.4, -0.2) is 25.8 Å². The second-order valence-corrected chi connectivity index (χ2v) is 7.14. The predicted molar refractivity (Wildman–Crippen MR) is 120 cm³/mol. The molecule has 3 heteroatoms. The molecule has 1 aliphatic carbocycles. The molecule has 2 unspecified atom stereocenters. The summed E-state index contributed by atoms with van der Waals surface area (Å²) < 4.78 is 10.1. The third-order valence-corrected chi connectivity index (χ3v) is 5.14. The van der Waals surface area contributed by atoms with Gasteiger partial charge in [-0.15, -0.1) is 13.2 Å². The van der Waals surface area contributed by atoms with Crippen molar-refractivity contribution in [2.45, 2.75) is 78.9 Å². The largest absolute Gasteiger partial charge is 0.353 e. The molecule has 0 aliphatic heterocycles. The van der Waals surface area contributed by atoms with Gasteiger partial charge >= 0.3 is 0 Å². The van der Waals surface area contributed by atoms with Crippen molar-refractivity contribution in [3.63, 3.8) is 0 Å². The summed E-state index contributed by atoms with van der Waals surface area (Å²) in [6.07, 6.45) is 10.4. The summed E-state index contributed by atoms with van der Waals surface area (Å²) >= 11 is 0. The Morgan fingerprint density at radius 3 is 2.00 bits per heavy atom. The van der Waals surface area contributed by atoms with Gasteiger partial charge in [-0.05, 0) is 51.0 Å². The average Bonchev–Trinajstić information content (AvgIpc) is 2.73. The Labute approximate surface area is 173 Å². The van der Waals surface area contributed by atoms with Crippen LogP contribution in [-0.2, 0) is 15.9 Å². The number of hydrogen-bond acceptors (Lipinski definition) is 3. The van der Waals surface area contributed by atoms with E-state index < -0.39 is 0 Å². The summed E-state index contributed by atoms with van der Waals surface area (Å²) in [6.45, 7) is 15.5. The zero-order valence-electron chi connectivity index (χ0n) is 18.6. The maximum absolute atomic E-state index is 10.6. The Hall–Kier alpha value is -1.45. The minimum Gasteiger partial charge on any atom is -0.353 e. The first-order valence-electron chi connectivity index (χ1n) is 10.9. The van der Waals surface area contributed by atoms with Crippen molar-refractivity contribution in [1.29, 1.82) is 0 Å². The molecule has 1 saturated carbocycles. The maximum atomic E-state index is 10.6. The van der Waals surface area contributed by atoms with Gasteiger partial charge in [0.15, 0.2) is 6.29 Å². The summed E-state index contributed by atoms with van der Waals surface area (Å²) in [7, 11) is 0. The lowest BCUT2D eigenvalue weighted by Crippen LogP contribution is -2.21. The molecule has 2 rings (SSSR count). The van der Waals surface area contributed by atoms with Crippen molar-refractivity contribution in [2.24, 2.45) is 11.8 Å². The second-order valence-electron chi connectivity index (χ2n) is 7.14. The van der Waals surface area contributed by atoms with Gasteiger partial charge in [-0.3, -0.25) is 4.79 Å². The van der Waals surface area contributed by atoms with Crippen LogP contribution in [0.2, 0.25) is 0 Å². The molecular formula is C25H42O3. The lowest BCUT2D eigenvalue weighted by atomic mass is 9.74. The minimum atomic E-state index is -0.0370. The van der Waals surface area contributed by atoms with Crippen LogP contribution in [0, 0.1) is 11.8 Å². The normalized spacial score (nSPS) is 18.5. The van der Waals surface area contributed by atoms with Gasteiger partial charge in [-0.25, -0.2) is 0 Å². The van der Waals surface area contributed by atoms with Gasteiger partial charge in [0.2, 0.25) is 0 Å². The lowest BCUT2D eigenvalue weighted by molar-refractivity contribution is -0.123. The van der Waals surface area contributed by atoms with Crippen molar-refractivity contribution in [2.75, 3.05) is 13.2 Å². The van der Waals surface area contributed by atoms with Crippen LogP contribution in [0.25, 0.3) is 0 Å². The van der Waals surface area contributed by atoms with Crippen LogP contribution < -0.4 is 0 Å². The molecule has 0 spiro atoms. The topological polar surface area (TPSA) is 35.5 Å². The van der Waals surface area contributed by atoms with Crippen molar-refractivity contribution in [3.8, 4) is 0 Å². The lowest BCUT2D eigenvalue weighted by Gasteiger charge is -2.31. The molecule has 1 aromatic rings. The molecule has 0 N–H and O–H groups in total. The van der Waals surface area contributed by atoms with Crippen molar-refractivity contribution in [1.82, 2.24) is 0 Å². The quantitative estimate of drug-likeness (QED) is 0.262. The first kappa shape index (κ1) is 26.6. The molecule has 0 heterocycles. The van der Waals surface area contributed by atoms with E-state index in [4.69, 9.17) is 9.47 Å². The summed E-state index contributed by atoms with van der Waals surface area (Å²) in [4.78, 5) is 10.6. The maximum Gasteiger partial charge on any atom is 0.154 e. The van der Waals surface area contributed by atoms with Crippen molar-refractivity contribution < 1.29 is 14.3 Å². The monoisotopic (exact) mass is 390 g/mol. The van der Waals surface area contributed by atoms with Crippen molar-refractivity contribution >= 4 is 6.29 Å².